The first kappa shape index (κ1) is 22.5. The van der Waals surface area contributed by atoms with Gasteiger partial charge in [0.25, 0.3) is 5.91 Å². The van der Waals surface area contributed by atoms with Crippen molar-refractivity contribution in [3.05, 3.63) is 99.6 Å². The Kier molecular flexibility index (Phi) is 6.30. The van der Waals surface area contributed by atoms with Crippen molar-refractivity contribution in [3.8, 4) is 0 Å². The number of benzene rings is 2. The van der Waals surface area contributed by atoms with E-state index in [1.807, 2.05) is 68.4 Å². The zero-order valence-electron chi connectivity index (χ0n) is 18.6. The Bertz CT molecular complexity index is 1380. The third-order valence-electron chi connectivity index (χ3n) is 5.43. The number of furan rings is 1. The van der Waals surface area contributed by atoms with Gasteiger partial charge in [-0.3, -0.25) is 4.79 Å². The van der Waals surface area contributed by atoms with Crippen LogP contribution in [0.25, 0.3) is 0 Å². The van der Waals surface area contributed by atoms with Crippen molar-refractivity contribution >= 4 is 45.2 Å². The number of nitrogens with zero attached hydrogens (tertiary/aromatic N) is 3. The topological polar surface area (TPSA) is 85.0 Å². The number of hydrogen-bond donors (Lipinski definition) is 2. The summed E-state index contributed by atoms with van der Waals surface area (Å²) in [6.45, 7) is 3.85. The van der Waals surface area contributed by atoms with Crippen LogP contribution < -0.4 is 10.6 Å². The van der Waals surface area contributed by atoms with E-state index in [1.54, 1.807) is 16.4 Å². The fraction of sp³-hybridized carbons (Fsp3) is 0.160. The third-order valence-corrected chi connectivity index (χ3v) is 6.76. The molecule has 3 heterocycles. The molecule has 1 aliphatic heterocycles. The standard InChI is InChI=1S/C25H22BrN5O2S/c1-15-7-6-10-18(13-15)28-23(32)21-16(2)27-24-29-25(34-14-17-8-4-3-5-9-17)30-31(24)22(21)19-11-12-20(26)33-19/h3-13,22H,14H2,1-2H3,(H,28,32)(H,27,29,30). The van der Waals surface area contributed by atoms with Gasteiger partial charge in [0.1, 0.15) is 11.8 Å². The maximum Gasteiger partial charge on any atom is 0.256 e. The van der Waals surface area contributed by atoms with Gasteiger partial charge in [-0.05, 0) is 65.2 Å². The molecule has 0 spiro atoms. The molecule has 172 valence electrons. The number of fused-ring (bicyclic) bond motifs is 1. The summed E-state index contributed by atoms with van der Waals surface area (Å²) >= 11 is 4.92. The number of amides is 1. The maximum absolute atomic E-state index is 13.5. The van der Waals surface area contributed by atoms with Gasteiger partial charge in [-0.1, -0.05) is 54.2 Å². The van der Waals surface area contributed by atoms with E-state index in [-0.39, 0.29) is 5.91 Å². The minimum Gasteiger partial charge on any atom is -0.452 e. The number of rotatable bonds is 6. The van der Waals surface area contributed by atoms with Crippen LogP contribution in [0.1, 0.15) is 29.9 Å². The highest BCUT2D eigenvalue weighted by molar-refractivity contribution is 9.10. The van der Waals surface area contributed by atoms with Crippen LogP contribution in [0.3, 0.4) is 0 Å². The molecule has 0 fully saturated rings. The molecule has 2 N–H and O–H groups in total. The molecule has 1 amide bonds. The lowest BCUT2D eigenvalue weighted by molar-refractivity contribution is -0.113. The van der Waals surface area contributed by atoms with Crippen LogP contribution in [-0.2, 0) is 10.5 Å². The number of carbonyl (C=O) groups is 1. The SMILES string of the molecule is CC1=C(C(=O)Nc2cccc(C)c2)C(c2ccc(Br)o2)n2nc(SCc3ccccc3)nc2N1. The van der Waals surface area contributed by atoms with Gasteiger partial charge in [0, 0.05) is 17.1 Å². The van der Waals surface area contributed by atoms with Crippen molar-refractivity contribution in [2.45, 2.75) is 30.8 Å². The van der Waals surface area contributed by atoms with Crippen LogP contribution in [-0.4, -0.2) is 20.7 Å². The molecule has 1 atom stereocenters. The molecule has 2 aromatic heterocycles. The number of hydrogen-bond acceptors (Lipinski definition) is 6. The number of anilines is 2. The first-order valence-corrected chi connectivity index (χ1v) is 12.5. The molecule has 34 heavy (non-hydrogen) atoms. The molecule has 5 rings (SSSR count). The number of halogens is 1. The van der Waals surface area contributed by atoms with Crippen molar-refractivity contribution in [2.24, 2.45) is 0 Å². The largest absolute Gasteiger partial charge is 0.452 e. The second kappa shape index (κ2) is 9.52. The number of nitrogens with one attached hydrogen (secondary N) is 2. The first-order valence-electron chi connectivity index (χ1n) is 10.7. The van der Waals surface area contributed by atoms with Crippen LogP contribution in [0, 0.1) is 6.92 Å². The number of aryl methyl sites for hydroxylation is 1. The fourth-order valence-electron chi connectivity index (χ4n) is 3.87. The average Bonchev–Trinajstić information content (AvgIpc) is 3.43. The number of carbonyl (C=O) groups excluding carboxylic acids is 1. The molecule has 7 nitrogen and oxygen atoms in total. The molecule has 1 aliphatic rings. The Morgan fingerprint density at radius 1 is 1.15 bits per heavy atom. The van der Waals surface area contributed by atoms with E-state index in [1.165, 1.54) is 5.56 Å². The summed E-state index contributed by atoms with van der Waals surface area (Å²) in [7, 11) is 0. The van der Waals surface area contributed by atoms with E-state index in [4.69, 9.17) is 9.52 Å². The molecule has 2 aromatic carbocycles. The molecule has 4 aromatic rings. The average molecular weight is 536 g/mol. The Morgan fingerprint density at radius 2 is 1.97 bits per heavy atom. The zero-order valence-corrected chi connectivity index (χ0v) is 21.0. The van der Waals surface area contributed by atoms with Crippen molar-refractivity contribution < 1.29 is 9.21 Å². The van der Waals surface area contributed by atoms with Gasteiger partial charge in [0.15, 0.2) is 4.67 Å². The number of thioether (sulfide) groups is 1. The molecule has 0 saturated heterocycles. The molecular formula is C25H22BrN5O2S. The van der Waals surface area contributed by atoms with Crippen molar-refractivity contribution in [1.82, 2.24) is 14.8 Å². The van der Waals surface area contributed by atoms with E-state index in [2.05, 4.69) is 43.7 Å². The summed E-state index contributed by atoms with van der Waals surface area (Å²) in [5.41, 5.74) is 4.19. The van der Waals surface area contributed by atoms with Crippen LogP contribution in [0.4, 0.5) is 11.6 Å². The van der Waals surface area contributed by atoms with Crippen LogP contribution in [0.2, 0.25) is 0 Å². The summed E-state index contributed by atoms with van der Waals surface area (Å²) in [5, 5.41) is 11.6. The summed E-state index contributed by atoms with van der Waals surface area (Å²) in [5.74, 6) is 1.67. The molecular weight excluding hydrogens is 514 g/mol. The fourth-order valence-corrected chi connectivity index (χ4v) is 4.97. The summed E-state index contributed by atoms with van der Waals surface area (Å²) < 4.78 is 8.20. The van der Waals surface area contributed by atoms with Crippen LogP contribution in [0.5, 0.6) is 0 Å². The normalized spacial score (nSPS) is 15.1. The zero-order chi connectivity index (χ0) is 23.7. The van der Waals surface area contributed by atoms with E-state index in [9.17, 15) is 4.79 Å². The maximum atomic E-state index is 13.5. The van der Waals surface area contributed by atoms with Gasteiger partial charge in [-0.15, -0.1) is 5.10 Å². The lowest BCUT2D eigenvalue weighted by Crippen LogP contribution is -2.31. The molecule has 0 radical (unpaired) electrons. The van der Waals surface area contributed by atoms with E-state index < -0.39 is 6.04 Å². The van der Waals surface area contributed by atoms with E-state index >= 15 is 0 Å². The van der Waals surface area contributed by atoms with Crippen molar-refractivity contribution in [2.75, 3.05) is 10.6 Å². The van der Waals surface area contributed by atoms with Crippen LogP contribution in [0.15, 0.2) is 92.2 Å². The van der Waals surface area contributed by atoms with Gasteiger partial charge in [0.2, 0.25) is 11.1 Å². The molecule has 0 aliphatic carbocycles. The van der Waals surface area contributed by atoms with Gasteiger partial charge in [-0.25, -0.2) is 4.68 Å². The minimum absolute atomic E-state index is 0.229. The predicted molar refractivity (Wildman–Crippen MR) is 137 cm³/mol. The highest BCUT2D eigenvalue weighted by Crippen LogP contribution is 2.38. The molecule has 0 saturated carbocycles. The van der Waals surface area contributed by atoms with Crippen LogP contribution >= 0.6 is 27.7 Å². The summed E-state index contributed by atoms with van der Waals surface area (Å²) in [4.78, 5) is 18.2. The van der Waals surface area contributed by atoms with Gasteiger partial charge >= 0.3 is 0 Å². The highest BCUT2D eigenvalue weighted by atomic mass is 79.9. The second-order valence-corrected chi connectivity index (χ2v) is 9.69. The molecule has 9 heteroatoms. The van der Waals surface area contributed by atoms with Crippen molar-refractivity contribution in [3.63, 3.8) is 0 Å². The van der Waals surface area contributed by atoms with Gasteiger partial charge in [0.05, 0.1) is 5.57 Å². The lowest BCUT2D eigenvalue weighted by Gasteiger charge is -2.27. The lowest BCUT2D eigenvalue weighted by atomic mass is 10.00. The number of aromatic nitrogens is 3. The molecule has 0 bridgehead atoms. The monoisotopic (exact) mass is 535 g/mol. The smallest absolute Gasteiger partial charge is 0.256 e. The number of allylic oxidation sites excluding steroid dienone is 1. The first-order chi connectivity index (χ1) is 16.5. The Labute approximate surface area is 209 Å². The van der Waals surface area contributed by atoms with Crippen molar-refractivity contribution in [1.29, 1.82) is 0 Å². The Balaban J connectivity index is 1.48. The highest BCUT2D eigenvalue weighted by Gasteiger charge is 2.36. The summed E-state index contributed by atoms with van der Waals surface area (Å²) in [6.07, 6.45) is 0. The van der Waals surface area contributed by atoms with E-state index in [0.717, 1.165) is 17.0 Å². The predicted octanol–water partition coefficient (Wildman–Crippen LogP) is 6.16. The molecule has 1 unspecified atom stereocenters. The quantitative estimate of drug-likeness (QED) is 0.287. The summed E-state index contributed by atoms with van der Waals surface area (Å²) in [6, 6.07) is 21.0. The Hall–Kier alpha value is -3.30. The second-order valence-electron chi connectivity index (χ2n) is 7.97. The van der Waals surface area contributed by atoms with Gasteiger partial charge in [-0.2, -0.15) is 4.98 Å². The Morgan fingerprint density at radius 3 is 2.71 bits per heavy atom. The third kappa shape index (κ3) is 4.67. The van der Waals surface area contributed by atoms with Gasteiger partial charge < -0.3 is 15.1 Å². The van der Waals surface area contributed by atoms with E-state index in [0.29, 0.717) is 32.8 Å². The minimum atomic E-state index is -0.564.